The van der Waals surface area contributed by atoms with Crippen molar-refractivity contribution >= 4 is 44.6 Å². The van der Waals surface area contributed by atoms with Crippen molar-refractivity contribution in [1.82, 2.24) is 9.55 Å². The van der Waals surface area contributed by atoms with Gasteiger partial charge in [-0.3, -0.25) is 0 Å². The Hall–Kier alpha value is -6.42. The number of hydrogen-bond donors (Lipinski definition) is 0. The molecule has 0 saturated carbocycles. The normalized spacial score (nSPS) is 14.9. The fraction of sp³-hybridized carbons (Fsp3) is 0.213. The van der Waals surface area contributed by atoms with Crippen LogP contribution < -0.4 is 14.5 Å². The van der Waals surface area contributed by atoms with E-state index in [-0.39, 0.29) is 60.5 Å². The molecule has 0 atom stereocenters. The number of hydrogen-bond acceptors (Lipinski definition) is 4. The SMILES string of the molecule is [2H]c1c([2H])c([2H])c(-c2cccc(-c3cc(C(C)(C)C)cc(C(C)(C)C)c3)c2N2[CH-]N(c3[c-]c(Oc4[c-]c5c(cc4)c4cc(C([2H])([2H])[2H])ccc4n5-c4cc(C(C)(C)C)ccn4)ccc3)c3ccccc32)c([2H])c1[2H].[Pt]. The standard InChI is InChI=1S/C61H57N4O.Pt/c1-40-26-29-53-52(32-40)51-28-27-48(38-56(51)65(53)57-36-43(30-31-62-57)59(2,3)4)66-47-21-16-20-46(37-47)63-39-64(55-25-15-14-24-54(55)63)58-49(41-18-12-11-13-19-41)22-17-23-50(58)42-33-44(60(5,6)7)35-45(34-42)61(8,9)10;/h11-36,39H,1-10H3;/q-3;/i1D3,11D,12D,13D,18D,19D;. The maximum absolute atomic E-state index is 9.21. The molecule has 2 aromatic heterocycles. The molecule has 0 unspecified atom stereocenters. The van der Waals surface area contributed by atoms with E-state index in [9.17, 15) is 2.74 Å². The molecule has 0 aliphatic carbocycles. The second kappa shape index (κ2) is 17.3. The largest absolute Gasteiger partial charge is 0.509 e. The van der Waals surface area contributed by atoms with Crippen molar-refractivity contribution in [3.63, 3.8) is 0 Å². The van der Waals surface area contributed by atoms with Crippen LogP contribution in [-0.2, 0) is 37.3 Å². The molecule has 1 aliphatic heterocycles. The summed E-state index contributed by atoms with van der Waals surface area (Å²) >= 11 is 0. The topological polar surface area (TPSA) is 33.5 Å². The van der Waals surface area contributed by atoms with Crippen molar-refractivity contribution in [3.8, 4) is 39.6 Å². The predicted octanol–water partition coefficient (Wildman–Crippen LogP) is 16.5. The smallest absolute Gasteiger partial charge is 0.135 e. The summed E-state index contributed by atoms with van der Waals surface area (Å²) in [6.07, 6.45) is 1.79. The van der Waals surface area contributed by atoms with Gasteiger partial charge in [0.15, 0.2) is 0 Å². The van der Waals surface area contributed by atoms with E-state index in [4.69, 9.17) is 17.9 Å². The predicted molar refractivity (Wildman–Crippen MR) is 276 cm³/mol. The Balaban J connectivity index is 0.00000689. The summed E-state index contributed by atoms with van der Waals surface area (Å²) in [5.74, 6) is 1.49. The molecule has 0 N–H and O–H groups in total. The molecule has 10 rings (SSSR count). The Morgan fingerprint density at radius 3 is 1.94 bits per heavy atom. The van der Waals surface area contributed by atoms with Crippen molar-refractivity contribution in [2.45, 2.75) is 85.4 Å². The van der Waals surface area contributed by atoms with Crippen molar-refractivity contribution in [1.29, 1.82) is 0 Å². The molecule has 0 saturated heterocycles. The van der Waals surface area contributed by atoms with Gasteiger partial charge in [0.25, 0.3) is 0 Å². The average molecular weight is 1070 g/mol. The first-order chi connectivity index (χ1) is 34.8. The zero-order valence-electron chi connectivity index (χ0n) is 47.2. The van der Waals surface area contributed by atoms with Crippen molar-refractivity contribution in [3.05, 3.63) is 199 Å². The number of anilines is 4. The molecule has 3 heterocycles. The Kier molecular flexibility index (Phi) is 9.49. The van der Waals surface area contributed by atoms with Crippen LogP contribution in [0.2, 0.25) is 0 Å². The van der Waals surface area contributed by atoms with E-state index in [0.29, 0.717) is 39.8 Å². The van der Waals surface area contributed by atoms with E-state index >= 15 is 0 Å². The molecule has 7 aromatic carbocycles. The van der Waals surface area contributed by atoms with Crippen molar-refractivity contribution < 1.29 is 36.8 Å². The third-order valence-corrected chi connectivity index (χ3v) is 12.4. The van der Waals surface area contributed by atoms with Crippen molar-refractivity contribution in [2.75, 3.05) is 9.80 Å². The van der Waals surface area contributed by atoms with E-state index in [1.54, 1.807) is 18.3 Å². The number of aryl methyl sites for hydroxylation is 1. The van der Waals surface area contributed by atoms with Crippen LogP contribution in [0.15, 0.2) is 158 Å². The van der Waals surface area contributed by atoms with Crippen LogP contribution in [0, 0.1) is 25.7 Å². The molecule has 0 fully saturated rings. The van der Waals surface area contributed by atoms with Gasteiger partial charge in [0.2, 0.25) is 0 Å². The first kappa shape index (κ1) is 36.7. The number of aromatic nitrogens is 2. The molecule has 0 spiro atoms. The number of ether oxygens (including phenoxy) is 1. The van der Waals surface area contributed by atoms with Gasteiger partial charge in [-0.25, -0.2) is 4.98 Å². The van der Waals surface area contributed by atoms with E-state index in [2.05, 4.69) is 98.7 Å². The molecule has 5 nitrogen and oxygen atoms in total. The van der Waals surface area contributed by atoms with Crippen molar-refractivity contribution in [2.24, 2.45) is 0 Å². The number of para-hydroxylation sites is 3. The van der Waals surface area contributed by atoms with Crippen LogP contribution in [0.5, 0.6) is 11.5 Å². The first-order valence-corrected chi connectivity index (χ1v) is 22.4. The van der Waals surface area contributed by atoms with Crippen LogP contribution in [0.1, 0.15) is 95.5 Å². The molecule has 6 heteroatoms. The van der Waals surface area contributed by atoms with Crippen LogP contribution in [0.3, 0.4) is 0 Å². The fourth-order valence-electron chi connectivity index (χ4n) is 8.74. The van der Waals surface area contributed by atoms with Crippen LogP contribution in [0.4, 0.5) is 22.7 Å². The van der Waals surface area contributed by atoms with E-state index in [1.165, 1.54) is 0 Å². The molecule has 0 amide bonds. The van der Waals surface area contributed by atoms with Gasteiger partial charge in [0, 0.05) is 76.6 Å². The van der Waals surface area contributed by atoms with Gasteiger partial charge in [-0.15, -0.1) is 48.1 Å². The van der Waals surface area contributed by atoms with Crippen LogP contribution in [-0.4, -0.2) is 9.55 Å². The molecule has 0 bridgehead atoms. The van der Waals surface area contributed by atoms with Gasteiger partial charge >= 0.3 is 0 Å². The number of nitrogens with zero attached hydrogens (tertiary/aromatic N) is 4. The molecular formula is C61H57N4OPt-3. The number of fused-ring (bicyclic) bond motifs is 4. The number of benzene rings is 7. The second-order valence-corrected chi connectivity index (χ2v) is 20.2. The third kappa shape index (κ3) is 8.71. The maximum atomic E-state index is 9.21. The summed E-state index contributed by atoms with van der Waals surface area (Å²) in [5.41, 5.74) is 9.76. The minimum Gasteiger partial charge on any atom is -0.509 e. The molecule has 1 aliphatic rings. The summed E-state index contributed by atoms with van der Waals surface area (Å²) in [5, 5.41) is 1.55. The van der Waals surface area contributed by atoms with Gasteiger partial charge in [0.1, 0.15) is 5.82 Å². The molecule has 9 aromatic rings. The summed E-state index contributed by atoms with van der Waals surface area (Å²) in [7, 11) is 0. The second-order valence-electron chi connectivity index (χ2n) is 20.2. The summed E-state index contributed by atoms with van der Waals surface area (Å²) in [6, 6.07) is 44.2. The Bertz CT molecular complexity index is 3650. The first-order valence-electron chi connectivity index (χ1n) is 26.4. The Labute approximate surface area is 422 Å². The molecule has 0 radical (unpaired) electrons. The maximum Gasteiger partial charge on any atom is 0.135 e. The monoisotopic (exact) mass is 1060 g/mol. The number of rotatable bonds is 7. The zero-order valence-corrected chi connectivity index (χ0v) is 41.5. The molecule has 67 heavy (non-hydrogen) atoms. The summed E-state index contributed by atoms with van der Waals surface area (Å²) in [4.78, 5) is 8.86. The summed E-state index contributed by atoms with van der Waals surface area (Å²) in [6.45, 7) is 19.3. The average Bonchev–Trinajstić information content (AvgIpc) is 3.92. The number of pyridine rings is 1. The van der Waals surface area contributed by atoms with E-state index in [1.807, 2.05) is 106 Å². The van der Waals surface area contributed by atoms with Gasteiger partial charge in [-0.05, 0) is 86.6 Å². The van der Waals surface area contributed by atoms with Gasteiger partial charge in [-0.1, -0.05) is 164 Å². The van der Waals surface area contributed by atoms with Gasteiger partial charge in [-0.2, -0.15) is 12.1 Å². The van der Waals surface area contributed by atoms with E-state index < -0.39 is 25.0 Å². The fourth-order valence-corrected chi connectivity index (χ4v) is 8.74. The van der Waals surface area contributed by atoms with Crippen LogP contribution >= 0.6 is 0 Å². The van der Waals surface area contributed by atoms with Crippen LogP contribution in [0.25, 0.3) is 49.9 Å². The van der Waals surface area contributed by atoms with Gasteiger partial charge < -0.3 is 19.1 Å². The Morgan fingerprint density at radius 2 is 1.25 bits per heavy atom. The quantitative estimate of drug-likeness (QED) is 0.149. The molecular weight excluding hydrogens is 1000 g/mol. The van der Waals surface area contributed by atoms with Gasteiger partial charge in [0.05, 0.1) is 6.85 Å². The summed E-state index contributed by atoms with van der Waals surface area (Å²) < 4.78 is 77.5. The third-order valence-electron chi connectivity index (χ3n) is 12.4. The van der Waals surface area contributed by atoms with E-state index in [0.717, 1.165) is 55.5 Å². The minimum absolute atomic E-state index is 0. The Morgan fingerprint density at radius 1 is 0.597 bits per heavy atom. The zero-order chi connectivity index (χ0) is 53.0. The minimum atomic E-state index is -2.30. The molecule has 340 valence electrons.